The number of esters is 1. The van der Waals surface area contributed by atoms with Crippen molar-refractivity contribution < 1.29 is 14.3 Å². The zero-order valence-corrected chi connectivity index (χ0v) is 14.7. The van der Waals surface area contributed by atoms with Crippen molar-refractivity contribution in [2.24, 2.45) is 0 Å². The number of carbonyl (C=O) groups excluding carboxylic acids is 1. The van der Waals surface area contributed by atoms with Gasteiger partial charge >= 0.3 is 5.97 Å². The lowest BCUT2D eigenvalue weighted by molar-refractivity contribution is -0.145. The maximum Gasteiger partial charge on any atom is 0.302 e. The van der Waals surface area contributed by atoms with Gasteiger partial charge in [-0.3, -0.25) is 4.79 Å². The second kappa shape index (κ2) is 7.53. The molecule has 0 bridgehead atoms. The predicted octanol–water partition coefficient (Wildman–Crippen LogP) is 4.06. The lowest BCUT2D eigenvalue weighted by atomic mass is 10.1. The highest BCUT2D eigenvalue weighted by atomic mass is 35.5. The Balaban J connectivity index is 1.81. The van der Waals surface area contributed by atoms with E-state index in [1.807, 2.05) is 19.1 Å². The Hall–Kier alpha value is -2.60. The van der Waals surface area contributed by atoms with E-state index in [4.69, 9.17) is 21.1 Å². The van der Waals surface area contributed by atoms with Crippen LogP contribution in [0.5, 0.6) is 11.6 Å². The fraction of sp³-hybridized carbons (Fsp3) is 0.278. The molecule has 0 aliphatic rings. The zero-order valence-electron chi connectivity index (χ0n) is 14.0. The number of aromatic nitrogens is 3. The van der Waals surface area contributed by atoms with Crippen LogP contribution in [0.25, 0.3) is 5.65 Å². The molecule has 0 spiro atoms. The van der Waals surface area contributed by atoms with E-state index in [0.717, 1.165) is 5.69 Å². The molecular weight excluding hydrogens is 342 g/mol. The Kier molecular flexibility index (Phi) is 5.19. The van der Waals surface area contributed by atoms with Gasteiger partial charge in [-0.2, -0.15) is 9.61 Å². The average Bonchev–Trinajstić information content (AvgIpc) is 3.03. The fourth-order valence-corrected chi connectivity index (χ4v) is 2.58. The molecule has 0 amide bonds. The number of nitrogens with zero attached hydrogens (tertiary/aromatic N) is 3. The first-order valence-electron chi connectivity index (χ1n) is 7.95. The lowest BCUT2D eigenvalue weighted by Gasteiger charge is -2.12. The zero-order chi connectivity index (χ0) is 17.8. The first-order chi connectivity index (χ1) is 12.0. The van der Waals surface area contributed by atoms with Crippen LogP contribution in [0.3, 0.4) is 0 Å². The number of hydrogen-bond acceptors (Lipinski definition) is 5. The summed E-state index contributed by atoms with van der Waals surface area (Å²) in [7, 11) is 0. The van der Waals surface area contributed by atoms with Crippen LogP contribution in [0, 0.1) is 0 Å². The SMILES string of the molecule is CC(=O)OC(C)CCc1cc(Oc2ccc(Cl)cc2)n2nccc2n1. The summed E-state index contributed by atoms with van der Waals surface area (Å²) >= 11 is 5.91. The molecular formula is C18H18ClN3O3. The summed E-state index contributed by atoms with van der Waals surface area (Å²) in [5.74, 6) is 0.942. The third-order valence-corrected chi connectivity index (χ3v) is 3.84. The molecule has 0 radical (unpaired) electrons. The number of rotatable bonds is 6. The minimum absolute atomic E-state index is 0.166. The van der Waals surface area contributed by atoms with Crippen LogP contribution >= 0.6 is 11.6 Å². The van der Waals surface area contributed by atoms with E-state index in [1.54, 1.807) is 35.0 Å². The number of benzene rings is 1. The highest BCUT2D eigenvalue weighted by molar-refractivity contribution is 6.30. The van der Waals surface area contributed by atoms with E-state index in [2.05, 4.69) is 10.1 Å². The van der Waals surface area contributed by atoms with E-state index in [9.17, 15) is 4.79 Å². The molecule has 0 N–H and O–H groups in total. The summed E-state index contributed by atoms with van der Waals surface area (Å²) in [4.78, 5) is 15.6. The normalized spacial score (nSPS) is 12.1. The number of fused-ring (bicyclic) bond motifs is 1. The smallest absolute Gasteiger partial charge is 0.302 e. The van der Waals surface area contributed by atoms with Gasteiger partial charge in [0.2, 0.25) is 5.88 Å². The van der Waals surface area contributed by atoms with Gasteiger partial charge in [-0.25, -0.2) is 4.98 Å². The van der Waals surface area contributed by atoms with Crippen LogP contribution in [0.1, 0.15) is 26.0 Å². The molecule has 130 valence electrons. The summed E-state index contributed by atoms with van der Waals surface area (Å²) in [5.41, 5.74) is 1.54. The predicted molar refractivity (Wildman–Crippen MR) is 94.1 cm³/mol. The second-order valence-corrected chi connectivity index (χ2v) is 6.14. The van der Waals surface area contributed by atoms with E-state index in [1.165, 1.54) is 6.92 Å². The van der Waals surface area contributed by atoms with Crippen molar-refractivity contribution in [1.82, 2.24) is 14.6 Å². The minimum atomic E-state index is -0.279. The molecule has 1 unspecified atom stereocenters. The van der Waals surface area contributed by atoms with E-state index >= 15 is 0 Å². The Bertz CT molecular complexity index is 877. The van der Waals surface area contributed by atoms with Crippen molar-refractivity contribution in [3.63, 3.8) is 0 Å². The van der Waals surface area contributed by atoms with Gasteiger partial charge in [0.1, 0.15) is 5.75 Å². The summed E-state index contributed by atoms with van der Waals surface area (Å²) in [6, 6.07) is 10.8. The van der Waals surface area contributed by atoms with Gasteiger partial charge < -0.3 is 9.47 Å². The maximum atomic E-state index is 11.0. The van der Waals surface area contributed by atoms with Crippen LogP contribution in [0.2, 0.25) is 5.02 Å². The maximum absolute atomic E-state index is 11.0. The van der Waals surface area contributed by atoms with Gasteiger partial charge in [0.15, 0.2) is 5.65 Å². The van der Waals surface area contributed by atoms with E-state index < -0.39 is 0 Å². The molecule has 0 fully saturated rings. The molecule has 0 saturated carbocycles. The molecule has 0 aliphatic carbocycles. The molecule has 7 heteroatoms. The van der Waals surface area contributed by atoms with Crippen LogP contribution in [0.4, 0.5) is 0 Å². The quantitative estimate of drug-likeness (QED) is 0.621. The largest absolute Gasteiger partial charge is 0.463 e. The van der Waals surface area contributed by atoms with Gasteiger partial charge in [-0.1, -0.05) is 11.6 Å². The molecule has 2 aromatic heterocycles. The van der Waals surface area contributed by atoms with Gasteiger partial charge in [0.25, 0.3) is 0 Å². The molecule has 1 atom stereocenters. The van der Waals surface area contributed by atoms with Gasteiger partial charge in [-0.15, -0.1) is 0 Å². The highest BCUT2D eigenvalue weighted by Gasteiger charge is 2.11. The molecule has 3 rings (SSSR count). The van der Waals surface area contributed by atoms with Gasteiger partial charge in [-0.05, 0) is 44.0 Å². The van der Waals surface area contributed by atoms with Crippen molar-refractivity contribution >= 4 is 23.2 Å². The van der Waals surface area contributed by atoms with Crippen LogP contribution in [0.15, 0.2) is 42.6 Å². The standard InChI is InChI=1S/C18H18ClN3O3/c1-12(24-13(2)23)3-6-15-11-18(22-17(21-15)9-10-20-22)25-16-7-4-14(19)5-8-16/h4-5,7-12H,3,6H2,1-2H3. The minimum Gasteiger partial charge on any atom is -0.463 e. The monoisotopic (exact) mass is 359 g/mol. The summed E-state index contributed by atoms with van der Waals surface area (Å²) < 4.78 is 12.7. The first-order valence-corrected chi connectivity index (χ1v) is 8.33. The van der Waals surface area contributed by atoms with Crippen molar-refractivity contribution in [3.05, 3.63) is 53.3 Å². The first kappa shape index (κ1) is 17.2. The van der Waals surface area contributed by atoms with Crippen molar-refractivity contribution in [2.45, 2.75) is 32.8 Å². The summed E-state index contributed by atoms with van der Waals surface area (Å²) in [6.07, 6.45) is 2.84. The third-order valence-electron chi connectivity index (χ3n) is 3.59. The van der Waals surface area contributed by atoms with Crippen molar-refractivity contribution in [3.8, 4) is 11.6 Å². The Labute approximate surface area is 150 Å². The Morgan fingerprint density at radius 3 is 2.76 bits per heavy atom. The van der Waals surface area contributed by atoms with Crippen LogP contribution in [-0.2, 0) is 16.0 Å². The number of hydrogen-bond donors (Lipinski definition) is 0. The number of halogens is 1. The molecule has 0 saturated heterocycles. The molecule has 2 heterocycles. The van der Waals surface area contributed by atoms with Crippen LogP contribution < -0.4 is 4.74 Å². The lowest BCUT2D eigenvalue weighted by Crippen LogP contribution is -2.13. The van der Waals surface area contributed by atoms with E-state index in [-0.39, 0.29) is 12.1 Å². The van der Waals surface area contributed by atoms with Crippen LogP contribution in [-0.4, -0.2) is 26.7 Å². The highest BCUT2D eigenvalue weighted by Crippen LogP contribution is 2.24. The molecule has 0 aliphatic heterocycles. The number of ether oxygens (including phenoxy) is 2. The van der Waals surface area contributed by atoms with Gasteiger partial charge in [0, 0.05) is 29.8 Å². The number of carbonyl (C=O) groups is 1. The second-order valence-electron chi connectivity index (χ2n) is 5.70. The molecule has 1 aromatic carbocycles. The van der Waals surface area contributed by atoms with Crippen molar-refractivity contribution in [1.29, 1.82) is 0 Å². The van der Waals surface area contributed by atoms with Gasteiger partial charge in [0.05, 0.1) is 12.3 Å². The topological polar surface area (TPSA) is 65.7 Å². The molecule has 25 heavy (non-hydrogen) atoms. The Morgan fingerprint density at radius 1 is 1.28 bits per heavy atom. The van der Waals surface area contributed by atoms with Crippen molar-refractivity contribution in [2.75, 3.05) is 0 Å². The molecule has 3 aromatic rings. The average molecular weight is 360 g/mol. The third kappa shape index (κ3) is 4.48. The molecule has 6 nitrogen and oxygen atoms in total. The Morgan fingerprint density at radius 2 is 2.04 bits per heavy atom. The summed E-state index contributed by atoms with van der Waals surface area (Å²) in [6.45, 7) is 3.27. The van der Waals surface area contributed by atoms with E-state index in [0.29, 0.717) is 35.1 Å². The summed E-state index contributed by atoms with van der Waals surface area (Å²) in [5, 5.41) is 4.89. The fourth-order valence-electron chi connectivity index (χ4n) is 2.45. The number of aryl methyl sites for hydroxylation is 1.